The third kappa shape index (κ3) is 2.42. The minimum Gasteiger partial charge on any atom is -0.491 e. The number of ether oxygens (including phenoxy) is 1. The van der Waals surface area contributed by atoms with Gasteiger partial charge in [0.1, 0.15) is 5.75 Å². The molecule has 0 saturated carbocycles. The van der Waals surface area contributed by atoms with Crippen LogP contribution < -0.4 is 15.0 Å². The summed E-state index contributed by atoms with van der Waals surface area (Å²) in [6, 6.07) is 7.82. The van der Waals surface area contributed by atoms with E-state index in [1.54, 1.807) is 0 Å². The molecule has 0 aliphatic carbocycles. The van der Waals surface area contributed by atoms with Crippen LogP contribution in [0.4, 0.5) is 5.69 Å². The Hall–Kier alpha value is -1.55. The molecule has 2 rings (SSSR count). The Morgan fingerprint density at radius 1 is 1.47 bits per heavy atom. The lowest BCUT2D eigenvalue weighted by Gasteiger charge is -2.28. The van der Waals surface area contributed by atoms with Crippen molar-refractivity contribution in [3.8, 4) is 5.75 Å². The molecule has 1 aliphatic heterocycles. The van der Waals surface area contributed by atoms with E-state index < -0.39 is 0 Å². The van der Waals surface area contributed by atoms with Crippen LogP contribution in [-0.2, 0) is 4.79 Å². The maximum absolute atomic E-state index is 12.1. The molecule has 0 spiro atoms. The number of likely N-dealkylation sites (N-methyl/N-ethyl adjacent to an activating group) is 1. The summed E-state index contributed by atoms with van der Waals surface area (Å²) in [6.07, 6.45) is 0.433. The molecule has 1 aliphatic rings. The fourth-order valence-corrected chi connectivity index (χ4v) is 2.15. The average molecular weight is 234 g/mol. The van der Waals surface area contributed by atoms with Gasteiger partial charge in [0, 0.05) is 12.6 Å². The molecule has 0 aromatic heterocycles. The van der Waals surface area contributed by atoms with Gasteiger partial charge in [-0.3, -0.25) is 4.79 Å². The number of hydrogen-bond acceptors (Lipinski definition) is 3. The lowest BCUT2D eigenvalue weighted by Crippen LogP contribution is -2.43. The largest absolute Gasteiger partial charge is 0.491 e. The zero-order chi connectivity index (χ0) is 12.3. The van der Waals surface area contributed by atoms with Crippen molar-refractivity contribution in [1.82, 2.24) is 5.32 Å². The van der Waals surface area contributed by atoms with Gasteiger partial charge in [-0.15, -0.1) is 0 Å². The second kappa shape index (κ2) is 5.19. The third-order valence-electron chi connectivity index (χ3n) is 2.91. The maximum atomic E-state index is 12.1. The molecule has 0 radical (unpaired) electrons. The first-order valence-corrected chi connectivity index (χ1v) is 5.92. The summed E-state index contributed by atoms with van der Waals surface area (Å²) in [5, 5.41) is 3.10. The summed E-state index contributed by atoms with van der Waals surface area (Å²) in [5.41, 5.74) is 0.873. The van der Waals surface area contributed by atoms with Crippen molar-refractivity contribution < 1.29 is 9.53 Å². The Morgan fingerprint density at radius 3 is 3.00 bits per heavy atom. The molecule has 17 heavy (non-hydrogen) atoms. The quantitative estimate of drug-likeness (QED) is 0.859. The van der Waals surface area contributed by atoms with Crippen LogP contribution in [0, 0.1) is 0 Å². The van der Waals surface area contributed by atoms with E-state index in [9.17, 15) is 4.79 Å². The van der Waals surface area contributed by atoms with Crippen LogP contribution in [0.2, 0.25) is 0 Å². The lowest BCUT2D eigenvalue weighted by molar-refractivity contribution is -0.119. The molecule has 1 aromatic carbocycles. The van der Waals surface area contributed by atoms with Crippen molar-refractivity contribution in [2.24, 2.45) is 0 Å². The SMILES string of the molecule is CNCC(C)N1C(=O)CCOc2ccccc21. The predicted octanol–water partition coefficient (Wildman–Crippen LogP) is 1.41. The average Bonchev–Trinajstić information content (AvgIpc) is 2.47. The molecule has 92 valence electrons. The normalized spacial score (nSPS) is 17.1. The highest BCUT2D eigenvalue weighted by Crippen LogP contribution is 2.32. The number of fused-ring (bicyclic) bond motifs is 1. The summed E-state index contributed by atoms with van der Waals surface area (Å²) >= 11 is 0. The highest BCUT2D eigenvalue weighted by Gasteiger charge is 2.26. The molecule has 1 unspecified atom stereocenters. The predicted molar refractivity (Wildman–Crippen MR) is 67.4 cm³/mol. The van der Waals surface area contributed by atoms with Gasteiger partial charge in [-0.05, 0) is 26.1 Å². The number of carbonyl (C=O) groups is 1. The van der Waals surface area contributed by atoms with Gasteiger partial charge in [0.15, 0.2) is 0 Å². The summed E-state index contributed by atoms with van der Waals surface area (Å²) in [7, 11) is 1.89. The molecule has 0 saturated heterocycles. The Bertz CT molecular complexity index is 406. The van der Waals surface area contributed by atoms with Crippen LogP contribution in [0.3, 0.4) is 0 Å². The highest BCUT2D eigenvalue weighted by atomic mass is 16.5. The van der Waals surface area contributed by atoms with Crippen LogP contribution >= 0.6 is 0 Å². The van der Waals surface area contributed by atoms with Crippen molar-refractivity contribution in [3.05, 3.63) is 24.3 Å². The molecule has 4 heteroatoms. The molecule has 1 atom stereocenters. The number of nitrogens with zero attached hydrogens (tertiary/aromatic N) is 1. The van der Waals surface area contributed by atoms with E-state index in [4.69, 9.17) is 4.74 Å². The van der Waals surface area contributed by atoms with Crippen molar-refractivity contribution in [2.75, 3.05) is 25.1 Å². The smallest absolute Gasteiger partial charge is 0.230 e. The molecular formula is C13H18N2O2. The number of para-hydroxylation sites is 2. The first kappa shape index (κ1) is 11.9. The summed E-state index contributed by atoms with van der Waals surface area (Å²) in [4.78, 5) is 13.9. The van der Waals surface area contributed by atoms with E-state index in [0.29, 0.717) is 13.0 Å². The lowest BCUT2D eigenvalue weighted by atomic mass is 10.2. The van der Waals surface area contributed by atoms with Crippen molar-refractivity contribution in [3.63, 3.8) is 0 Å². The Morgan fingerprint density at radius 2 is 2.24 bits per heavy atom. The standard InChI is InChI=1S/C13H18N2O2/c1-10(9-14-2)15-11-5-3-4-6-12(11)17-8-7-13(15)16/h3-6,10,14H,7-9H2,1-2H3. The molecule has 1 aromatic rings. The van der Waals surface area contributed by atoms with Gasteiger partial charge in [0.2, 0.25) is 5.91 Å². The second-order valence-electron chi connectivity index (χ2n) is 4.24. The number of hydrogen-bond donors (Lipinski definition) is 1. The summed E-state index contributed by atoms with van der Waals surface area (Å²) in [6.45, 7) is 3.26. The molecule has 0 fully saturated rings. The molecule has 1 N–H and O–H groups in total. The summed E-state index contributed by atoms with van der Waals surface area (Å²) in [5.74, 6) is 0.916. The Labute approximate surface area is 102 Å². The van der Waals surface area contributed by atoms with E-state index in [-0.39, 0.29) is 11.9 Å². The van der Waals surface area contributed by atoms with Gasteiger partial charge in [-0.1, -0.05) is 12.1 Å². The molecular weight excluding hydrogens is 216 g/mol. The van der Waals surface area contributed by atoms with Gasteiger partial charge < -0.3 is 15.0 Å². The fourth-order valence-electron chi connectivity index (χ4n) is 2.15. The van der Waals surface area contributed by atoms with Crippen LogP contribution in [0.1, 0.15) is 13.3 Å². The first-order chi connectivity index (χ1) is 8.24. The van der Waals surface area contributed by atoms with Crippen LogP contribution in [0.15, 0.2) is 24.3 Å². The van der Waals surface area contributed by atoms with Crippen LogP contribution in [0.25, 0.3) is 0 Å². The Balaban J connectivity index is 2.36. The number of amides is 1. The zero-order valence-electron chi connectivity index (χ0n) is 10.3. The fraction of sp³-hybridized carbons (Fsp3) is 0.462. The molecule has 1 amide bonds. The molecule has 4 nitrogen and oxygen atoms in total. The topological polar surface area (TPSA) is 41.6 Å². The van der Waals surface area contributed by atoms with E-state index >= 15 is 0 Å². The minimum absolute atomic E-state index is 0.121. The van der Waals surface area contributed by atoms with Crippen LogP contribution in [-0.4, -0.2) is 32.1 Å². The maximum Gasteiger partial charge on any atom is 0.230 e. The highest BCUT2D eigenvalue weighted by molar-refractivity contribution is 5.96. The van der Waals surface area contributed by atoms with E-state index in [1.165, 1.54) is 0 Å². The second-order valence-corrected chi connectivity index (χ2v) is 4.24. The van der Waals surface area contributed by atoms with Gasteiger partial charge >= 0.3 is 0 Å². The van der Waals surface area contributed by atoms with Gasteiger partial charge in [-0.2, -0.15) is 0 Å². The van der Waals surface area contributed by atoms with E-state index in [1.807, 2.05) is 43.1 Å². The zero-order valence-corrected chi connectivity index (χ0v) is 10.3. The van der Waals surface area contributed by atoms with Crippen molar-refractivity contribution >= 4 is 11.6 Å². The van der Waals surface area contributed by atoms with Crippen LogP contribution in [0.5, 0.6) is 5.75 Å². The Kier molecular flexibility index (Phi) is 3.64. The molecule has 0 bridgehead atoms. The molecule has 1 heterocycles. The van der Waals surface area contributed by atoms with E-state index in [2.05, 4.69) is 5.32 Å². The number of rotatable bonds is 3. The van der Waals surface area contributed by atoms with Crippen molar-refractivity contribution in [1.29, 1.82) is 0 Å². The number of carbonyl (C=O) groups excluding carboxylic acids is 1. The van der Waals surface area contributed by atoms with Gasteiger partial charge in [0.05, 0.1) is 18.7 Å². The number of benzene rings is 1. The van der Waals surface area contributed by atoms with E-state index in [0.717, 1.165) is 18.0 Å². The summed E-state index contributed by atoms with van der Waals surface area (Å²) < 4.78 is 5.59. The number of anilines is 1. The number of nitrogens with one attached hydrogen (secondary N) is 1. The minimum atomic E-state index is 0.121. The van der Waals surface area contributed by atoms with Crippen molar-refractivity contribution in [2.45, 2.75) is 19.4 Å². The van der Waals surface area contributed by atoms with Gasteiger partial charge in [0.25, 0.3) is 0 Å². The first-order valence-electron chi connectivity index (χ1n) is 5.92. The van der Waals surface area contributed by atoms with Gasteiger partial charge in [-0.25, -0.2) is 0 Å². The monoisotopic (exact) mass is 234 g/mol. The third-order valence-corrected chi connectivity index (χ3v) is 2.91.